The minimum Gasteiger partial charge on any atom is -0.319 e. The van der Waals surface area contributed by atoms with Gasteiger partial charge >= 0.3 is 0 Å². The van der Waals surface area contributed by atoms with Crippen LogP contribution >= 0.6 is 11.6 Å². The summed E-state index contributed by atoms with van der Waals surface area (Å²) in [6.45, 7) is 0.988. The Morgan fingerprint density at radius 3 is 2.74 bits per heavy atom. The fourth-order valence-corrected chi connectivity index (χ4v) is 2.63. The molecular weight excluding hydrogens is 258 g/mol. The Balaban J connectivity index is 2.03. The molecule has 0 aliphatic heterocycles. The van der Waals surface area contributed by atoms with Crippen LogP contribution in [0.3, 0.4) is 0 Å². The summed E-state index contributed by atoms with van der Waals surface area (Å²) in [5, 5.41) is 8.30. The SMILES string of the molecule is CNCC(Cc1cccc(Cl)c1)Cc1cnn(C)c1. The summed E-state index contributed by atoms with van der Waals surface area (Å²) >= 11 is 6.04. The van der Waals surface area contributed by atoms with Crippen LogP contribution in [0.5, 0.6) is 0 Å². The summed E-state index contributed by atoms with van der Waals surface area (Å²) in [6.07, 6.45) is 6.08. The maximum absolute atomic E-state index is 6.04. The van der Waals surface area contributed by atoms with Gasteiger partial charge in [-0.15, -0.1) is 0 Å². The molecule has 0 aliphatic rings. The zero-order valence-electron chi connectivity index (χ0n) is 11.4. The Hall–Kier alpha value is -1.32. The number of aryl methyl sites for hydroxylation is 1. The second kappa shape index (κ2) is 6.73. The zero-order chi connectivity index (χ0) is 13.7. The molecule has 0 spiro atoms. The Morgan fingerprint density at radius 2 is 2.11 bits per heavy atom. The van der Waals surface area contributed by atoms with Crippen molar-refractivity contribution in [3.05, 3.63) is 52.8 Å². The standard InChI is InChI=1S/C15H20ClN3/c1-17-9-13(7-14-10-18-19(2)11-14)6-12-4-3-5-15(16)8-12/h3-5,8,10-11,13,17H,6-7,9H2,1-2H3. The van der Waals surface area contributed by atoms with Gasteiger partial charge in [-0.1, -0.05) is 23.7 Å². The van der Waals surface area contributed by atoms with Crippen LogP contribution in [-0.4, -0.2) is 23.4 Å². The molecule has 1 aromatic carbocycles. The molecule has 0 aliphatic carbocycles. The lowest BCUT2D eigenvalue weighted by Gasteiger charge is -2.16. The number of benzene rings is 1. The van der Waals surface area contributed by atoms with E-state index < -0.39 is 0 Å². The van der Waals surface area contributed by atoms with Crippen LogP contribution in [0.1, 0.15) is 11.1 Å². The first-order valence-electron chi connectivity index (χ1n) is 6.54. The molecule has 0 amide bonds. The lowest BCUT2D eigenvalue weighted by molar-refractivity contribution is 0.493. The molecule has 1 heterocycles. The highest BCUT2D eigenvalue weighted by Gasteiger charge is 2.11. The number of halogens is 1. The van der Waals surface area contributed by atoms with Crippen LogP contribution in [0, 0.1) is 5.92 Å². The van der Waals surface area contributed by atoms with Crippen molar-refractivity contribution in [2.45, 2.75) is 12.8 Å². The van der Waals surface area contributed by atoms with Gasteiger partial charge in [0.05, 0.1) is 6.20 Å². The van der Waals surface area contributed by atoms with E-state index in [4.69, 9.17) is 11.6 Å². The van der Waals surface area contributed by atoms with Gasteiger partial charge in [-0.25, -0.2) is 0 Å². The topological polar surface area (TPSA) is 29.9 Å². The molecule has 0 fully saturated rings. The number of aromatic nitrogens is 2. The van der Waals surface area contributed by atoms with Crippen molar-refractivity contribution in [3.63, 3.8) is 0 Å². The molecule has 0 saturated heterocycles. The minimum absolute atomic E-state index is 0.549. The fraction of sp³-hybridized carbons (Fsp3) is 0.400. The van der Waals surface area contributed by atoms with Gasteiger partial charge in [0.2, 0.25) is 0 Å². The number of hydrogen-bond donors (Lipinski definition) is 1. The van der Waals surface area contributed by atoms with E-state index in [0.717, 1.165) is 24.4 Å². The van der Waals surface area contributed by atoms with E-state index in [0.29, 0.717) is 5.92 Å². The Labute approximate surface area is 119 Å². The molecule has 0 radical (unpaired) electrons. The quantitative estimate of drug-likeness (QED) is 0.880. The molecule has 0 bridgehead atoms. The summed E-state index contributed by atoms with van der Waals surface area (Å²) in [6, 6.07) is 8.11. The van der Waals surface area contributed by atoms with Gasteiger partial charge in [-0.05, 0) is 55.6 Å². The Kier molecular flexibility index (Phi) is 5.00. The third-order valence-electron chi connectivity index (χ3n) is 3.19. The smallest absolute Gasteiger partial charge is 0.0521 e. The first-order valence-corrected chi connectivity index (χ1v) is 6.91. The average molecular weight is 278 g/mol. The van der Waals surface area contributed by atoms with Crippen LogP contribution in [0.25, 0.3) is 0 Å². The number of hydrogen-bond acceptors (Lipinski definition) is 2. The third kappa shape index (κ3) is 4.37. The Bertz CT molecular complexity index is 522. The van der Waals surface area contributed by atoms with Crippen LogP contribution in [0.15, 0.2) is 36.7 Å². The zero-order valence-corrected chi connectivity index (χ0v) is 12.2. The van der Waals surface area contributed by atoms with Gasteiger partial charge in [0.15, 0.2) is 0 Å². The summed E-state index contributed by atoms with van der Waals surface area (Å²) in [4.78, 5) is 0. The predicted molar refractivity (Wildman–Crippen MR) is 79.5 cm³/mol. The first-order chi connectivity index (χ1) is 9.17. The second-order valence-corrected chi connectivity index (χ2v) is 5.42. The first kappa shape index (κ1) is 14.1. The molecule has 3 nitrogen and oxygen atoms in total. The molecule has 19 heavy (non-hydrogen) atoms. The minimum atomic E-state index is 0.549. The number of nitrogens with zero attached hydrogens (tertiary/aromatic N) is 2. The van der Waals surface area contributed by atoms with Crippen LogP contribution in [-0.2, 0) is 19.9 Å². The van der Waals surface area contributed by atoms with Crippen molar-refractivity contribution in [1.29, 1.82) is 0 Å². The number of nitrogens with one attached hydrogen (secondary N) is 1. The van der Waals surface area contributed by atoms with Gasteiger partial charge < -0.3 is 5.32 Å². The highest BCUT2D eigenvalue weighted by atomic mass is 35.5. The van der Waals surface area contributed by atoms with E-state index in [-0.39, 0.29) is 0 Å². The van der Waals surface area contributed by atoms with Crippen molar-refractivity contribution in [3.8, 4) is 0 Å². The molecule has 1 unspecified atom stereocenters. The van der Waals surface area contributed by atoms with E-state index in [9.17, 15) is 0 Å². The van der Waals surface area contributed by atoms with Crippen LogP contribution in [0.2, 0.25) is 5.02 Å². The van der Waals surface area contributed by atoms with Gasteiger partial charge in [-0.3, -0.25) is 4.68 Å². The van der Waals surface area contributed by atoms with Crippen molar-refractivity contribution >= 4 is 11.6 Å². The monoisotopic (exact) mass is 277 g/mol. The van der Waals surface area contributed by atoms with Gasteiger partial charge in [0.25, 0.3) is 0 Å². The summed E-state index contributed by atoms with van der Waals surface area (Å²) in [5.74, 6) is 0.549. The molecule has 2 aromatic rings. The molecule has 1 atom stereocenters. The van der Waals surface area contributed by atoms with Gasteiger partial charge in [0.1, 0.15) is 0 Å². The third-order valence-corrected chi connectivity index (χ3v) is 3.42. The lowest BCUT2D eigenvalue weighted by Crippen LogP contribution is -2.22. The summed E-state index contributed by atoms with van der Waals surface area (Å²) in [7, 11) is 3.95. The van der Waals surface area contributed by atoms with Crippen molar-refractivity contribution in [2.75, 3.05) is 13.6 Å². The molecule has 1 aromatic heterocycles. The fourth-order valence-electron chi connectivity index (χ4n) is 2.41. The van der Waals surface area contributed by atoms with Gasteiger partial charge in [-0.2, -0.15) is 5.10 Å². The van der Waals surface area contributed by atoms with Crippen LogP contribution < -0.4 is 5.32 Å². The van der Waals surface area contributed by atoms with E-state index in [1.54, 1.807) is 0 Å². The van der Waals surface area contributed by atoms with Crippen molar-refractivity contribution < 1.29 is 0 Å². The molecule has 102 valence electrons. The van der Waals surface area contributed by atoms with E-state index in [1.165, 1.54) is 11.1 Å². The second-order valence-electron chi connectivity index (χ2n) is 4.98. The maximum atomic E-state index is 6.04. The van der Waals surface area contributed by atoms with Crippen molar-refractivity contribution in [1.82, 2.24) is 15.1 Å². The molecular formula is C15H20ClN3. The van der Waals surface area contributed by atoms with E-state index in [2.05, 4.69) is 22.7 Å². The lowest BCUT2D eigenvalue weighted by atomic mass is 9.94. The maximum Gasteiger partial charge on any atom is 0.0521 e. The summed E-state index contributed by atoms with van der Waals surface area (Å²) < 4.78 is 1.85. The van der Waals surface area contributed by atoms with Crippen molar-refractivity contribution in [2.24, 2.45) is 13.0 Å². The van der Waals surface area contributed by atoms with E-state index >= 15 is 0 Å². The predicted octanol–water partition coefficient (Wildman–Crippen LogP) is 2.69. The van der Waals surface area contributed by atoms with Crippen LogP contribution in [0.4, 0.5) is 0 Å². The highest BCUT2D eigenvalue weighted by Crippen LogP contribution is 2.17. The highest BCUT2D eigenvalue weighted by molar-refractivity contribution is 6.30. The number of rotatable bonds is 6. The van der Waals surface area contributed by atoms with Gasteiger partial charge in [0, 0.05) is 18.3 Å². The molecule has 0 saturated carbocycles. The average Bonchev–Trinajstić information content (AvgIpc) is 2.75. The molecule has 2 rings (SSSR count). The summed E-state index contributed by atoms with van der Waals surface area (Å²) in [5.41, 5.74) is 2.57. The largest absolute Gasteiger partial charge is 0.319 e. The van der Waals surface area contributed by atoms with E-state index in [1.807, 2.05) is 43.2 Å². The Morgan fingerprint density at radius 1 is 1.32 bits per heavy atom. The molecule has 1 N–H and O–H groups in total. The normalized spacial score (nSPS) is 12.6. The molecule has 4 heteroatoms.